The summed E-state index contributed by atoms with van der Waals surface area (Å²) < 4.78 is 15.9. The highest BCUT2D eigenvalue weighted by Gasteiger charge is 2.27. The summed E-state index contributed by atoms with van der Waals surface area (Å²) in [4.78, 5) is 33.3. The quantitative estimate of drug-likeness (QED) is 0.257. The van der Waals surface area contributed by atoms with E-state index in [0.29, 0.717) is 33.8 Å². The zero-order chi connectivity index (χ0) is 27.4. The minimum atomic E-state index is -1.69. The fraction of sp³-hybridized carbons (Fsp3) is 0.192. The molecule has 38 heavy (non-hydrogen) atoms. The molecule has 1 amide bonds. The van der Waals surface area contributed by atoms with Crippen LogP contribution < -0.4 is 16.5 Å². The number of aliphatic hydroxyl groups is 1. The van der Waals surface area contributed by atoms with Crippen LogP contribution in [0.15, 0.2) is 60.9 Å². The van der Waals surface area contributed by atoms with Crippen LogP contribution in [0.1, 0.15) is 40.1 Å². The van der Waals surface area contributed by atoms with Crippen molar-refractivity contribution < 1.29 is 23.9 Å². The monoisotopic (exact) mass is 517 g/mol. The smallest absolute Gasteiger partial charge is 0.356 e. The number of benzene rings is 1. The van der Waals surface area contributed by atoms with Gasteiger partial charge in [-0.2, -0.15) is 16.3 Å². The molecule has 1 aromatic carbocycles. The van der Waals surface area contributed by atoms with Crippen molar-refractivity contribution in [1.29, 1.82) is 5.26 Å². The molecule has 0 spiro atoms. The van der Waals surface area contributed by atoms with E-state index in [1.165, 1.54) is 38.4 Å². The van der Waals surface area contributed by atoms with Gasteiger partial charge in [-0.3, -0.25) is 9.78 Å². The minimum Gasteiger partial charge on any atom is -0.387 e. The Bertz CT molecular complexity index is 1540. The number of nitrogens with zero attached hydrogens (tertiary/aromatic N) is 4. The lowest BCUT2D eigenvalue weighted by molar-refractivity contribution is -0.00178. The second-order valence-corrected chi connectivity index (χ2v) is 8.97. The van der Waals surface area contributed by atoms with E-state index < -0.39 is 30.2 Å². The first-order chi connectivity index (χ1) is 18.1. The molecule has 12 heteroatoms. The van der Waals surface area contributed by atoms with Crippen molar-refractivity contribution in [3.63, 3.8) is 0 Å². The van der Waals surface area contributed by atoms with Crippen LogP contribution in [0.2, 0.25) is 0 Å². The molecule has 4 rings (SSSR count). The van der Waals surface area contributed by atoms with Gasteiger partial charge in [0, 0.05) is 11.9 Å². The van der Waals surface area contributed by atoms with Gasteiger partial charge in [0.05, 0.1) is 57.6 Å². The fourth-order valence-electron chi connectivity index (χ4n) is 3.57. The van der Waals surface area contributed by atoms with Crippen LogP contribution in [0.3, 0.4) is 0 Å². The van der Waals surface area contributed by atoms with Crippen LogP contribution in [0.4, 0.5) is 15.8 Å². The number of amides is 1. The largest absolute Gasteiger partial charge is 0.387 e. The molecule has 11 nitrogen and oxygen atoms in total. The van der Waals surface area contributed by atoms with Crippen molar-refractivity contribution in [2.24, 2.45) is 5.90 Å². The molecule has 0 aliphatic heterocycles. The summed E-state index contributed by atoms with van der Waals surface area (Å²) in [6.07, 6.45) is 1.08. The fourth-order valence-corrected chi connectivity index (χ4v) is 3.57. The summed E-state index contributed by atoms with van der Waals surface area (Å²) in [5.41, 5.74) is 1.74. The van der Waals surface area contributed by atoms with Crippen molar-refractivity contribution in [3.8, 4) is 17.5 Å². The van der Waals surface area contributed by atoms with E-state index in [1.807, 2.05) is 6.07 Å². The SMILES string of the molecule is CC(C)(O)[C@H](F)CNC(=O)c1cnc(-c2ccc3cc(C#N)cnn23)cc1Nc1ccc(C(=O)ON)cc1. The third kappa shape index (κ3) is 5.59. The molecule has 0 fully saturated rings. The number of carbonyl (C=O) groups excluding carboxylic acids is 2. The maximum absolute atomic E-state index is 14.2. The van der Waals surface area contributed by atoms with E-state index in [1.54, 1.807) is 40.9 Å². The molecule has 1 atom stereocenters. The number of carbonyl (C=O) groups is 2. The normalized spacial score (nSPS) is 12.0. The van der Waals surface area contributed by atoms with Gasteiger partial charge in [0.25, 0.3) is 5.91 Å². The van der Waals surface area contributed by atoms with Crippen LogP contribution in [-0.4, -0.2) is 49.9 Å². The van der Waals surface area contributed by atoms with Gasteiger partial charge in [-0.25, -0.2) is 13.7 Å². The molecule has 0 radical (unpaired) electrons. The molecule has 0 aliphatic carbocycles. The average molecular weight is 518 g/mol. The van der Waals surface area contributed by atoms with Crippen molar-refractivity contribution >= 4 is 28.8 Å². The third-order valence-electron chi connectivity index (χ3n) is 5.76. The number of hydrogen-bond donors (Lipinski definition) is 4. The topological polar surface area (TPSA) is 168 Å². The first kappa shape index (κ1) is 26.2. The van der Waals surface area contributed by atoms with Crippen molar-refractivity contribution in [2.45, 2.75) is 25.6 Å². The maximum atomic E-state index is 14.2. The third-order valence-corrected chi connectivity index (χ3v) is 5.76. The number of hydrogen-bond acceptors (Lipinski definition) is 9. The summed E-state index contributed by atoms with van der Waals surface area (Å²) in [6, 6.07) is 15.1. The Morgan fingerprint density at radius 3 is 2.61 bits per heavy atom. The van der Waals surface area contributed by atoms with E-state index in [-0.39, 0.29) is 11.1 Å². The molecule has 0 bridgehead atoms. The van der Waals surface area contributed by atoms with Crippen LogP contribution in [0, 0.1) is 11.3 Å². The Balaban J connectivity index is 1.70. The van der Waals surface area contributed by atoms with Crippen molar-refractivity contribution in [2.75, 3.05) is 11.9 Å². The number of fused-ring (bicyclic) bond motifs is 1. The highest BCUT2D eigenvalue weighted by Crippen LogP contribution is 2.28. The van der Waals surface area contributed by atoms with Crippen LogP contribution in [0.5, 0.6) is 0 Å². The zero-order valence-corrected chi connectivity index (χ0v) is 20.5. The molecule has 0 saturated heterocycles. The number of aromatic nitrogens is 3. The molecule has 0 unspecified atom stereocenters. The van der Waals surface area contributed by atoms with E-state index in [4.69, 9.17) is 11.2 Å². The van der Waals surface area contributed by atoms with Gasteiger partial charge in [-0.1, -0.05) is 0 Å². The van der Waals surface area contributed by atoms with Gasteiger partial charge in [0.15, 0.2) is 0 Å². The maximum Gasteiger partial charge on any atom is 0.356 e. The zero-order valence-electron chi connectivity index (χ0n) is 20.5. The van der Waals surface area contributed by atoms with Crippen LogP contribution in [0.25, 0.3) is 16.9 Å². The lowest BCUT2D eigenvalue weighted by Crippen LogP contribution is -2.42. The predicted octanol–water partition coefficient (Wildman–Crippen LogP) is 2.88. The second-order valence-electron chi connectivity index (χ2n) is 8.97. The van der Waals surface area contributed by atoms with Gasteiger partial charge in [-0.15, -0.1) is 0 Å². The highest BCUT2D eigenvalue weighted by atomic mass is 19.1. The van der Waals surface area contributed by atoms with Gasteiger partial charge in [0.1, 0.15) is 12.2 Å². The predicted molar refractivity (Wildman–Crippen MR) is 136 cm³/mol. The number of nitrogens with two attached hydrogens (primary N) is 1. The first-order valence-electron chi connectivity index (χ1n) is 11.4. The lowest BCUT2D eigenvalue weighted by Gasteiger charge is -2.22. The Morgan fingerprint density at radius 2 is 1.95 bits per heavy atom. The summed E-state index contributed by atoms with van der Waals surface area (Å²) in [5, 5.41) is 28.9. The Morgan fingerprint density at radius 1 is 1.21 bits per heavy atom. The van der Waals surface area contributed by atoms with E-state index in [2.05, 4.69) is 25.6 Å². The van der Waals surface area contributed by atoms with E-state index in [0.717, 1.165) is 0 Å². The van der Waals surface area contributed by atoms with E-state index >= 15 is 0 Å². The first-order valence-corrected chi connectivity index (χ1v) is 11.4. The summed E-state index contributed by atoms with van der Waals surface area (Å²) in [6.45, 7) is 2.22. The number of nitriles is 1. The number of rotatable bonds is 8. The van der Waals surface area contributed by atoms with Crippen molar-refractivity contribution in [1.82, 2.24) is 19.9 Å². The molecule has 0 saturated carbocycles. The summed E-state index contributed by atoms with van der Waals surface area (Å²) in [5.74, 6) is 3.61. The number of halogens is 1. The minimum absolute atomic E-state index is 0.114. The number of anilines is 2. The molecule has 3 aromatic heterocycles. The summed E-state index contributed by atoms with van der Waals surface area (Å²) in [7, 11) is 0. The van der Waals surface area contributed by atoms with Gasteiger partial charge in [0.2, 0.25) is 0 Å². The standard InChI is InChI=1S/C26H24FN7O4/c1-26(2,37)23(27)14-31-24(35)19-13-30-21(22-8-7-18-9-15(11-28)12-32-34(18)22)10-20(19)33-17-5-3-16(4-6-17)25(36)38-29/h3-10,12-13,23,37H,14,29H2,1-2H3,(H,30,33)(H,31,35)/t23-/m1/s1. The molecular formula is C26H24FN7O4. The highest BCUT2D eigenvalue weighted by molar-refractivity contribution is 6.00. The van der Waals surface area contributed by atoms with Gasteiger partial charge >= 0.3 is 5.97 Å². The molecule has 5 N–H and O–H groups in total. The van der Waals surface area contributed by atoms with Crippen LogP contribution in [-0.2, 0) is 4.84 Å². The number of pyridine rings is 1. The molecule has 0 aliphatic rings. The Kier molecular flexibility index (Phi) is 7.33. The van der Waals surface area contributed by atoms with E-state index in [9.17, 15) is 19.1 Å². The van der Waals surface area contributed by atoms with Gasteiger partial charge < -0.3 is 20.6 Å². The summed E-state index contributed by atoms with van der Waals surface area (Å²) >= 11 is 0. The van der Waals surface area contributed by atoms with Crippen LogP contribution >= 0.6 is 0 Å². The molecule has 3 heterocycles. The second kappa shape index (κ2) is 10.6. The number of alkyl halides is 1. The Labute approximate surface area is 216 Å². The Hall–Kier alpha value is -4.86. The molecular weight excluding hydrogens is 493 g/mol. The average Bonchev–Trinajstić information content (AvgIpc) is 3.34. The molecule has 4 aromatic rings. The molecule has 194 valence electrons. The van der Waals surface area contributed by atoms with Crippen molar-refractivity contribution in [3.05, 3.63) is 77.6 Å². The number of nitrogens with one attached hydrogen (secondary N) is 2. The van der Waals surface area contributed by atoms with Gasteiger partial charge in [-0.05, 0) is 62.4 Å². The lowest BCUT2D eigenvalue weighted by atomic mass is 10.0.